The van der Waals surface area contributed by atoms with Gasteiger partial charge in [-0.05, 0) is 40.6 Å². The number of carbonyl (C=O) groups is 2. The Morgan fingerprint density at radius 2 is 2.07 bits per heavy atom. The molecule has 2 atom stereocenters. The lowest BCUT2D eigenvalue weighted by atomic mass is 10.0. The summed E-state index contributed by atoms with van der Waals surface area (Å²) in [5.74, 6) is -1.42. The largest absolute Gasteiger partial charge is 0.478 e. The fourth-order valence-electron chi connectivity index (χ4n) is 3.32. The molecule has 0 fully saturated rings. The van der Waals surface area contributed by atoms with E-state index in [9.17, 15) is 14.7 Å². The van der Waals surface area contributed by atoms with E-state index in [1.807, 2.05) is 16.8 Å². The summed E-state index contributed by atoms with van der Waals surface area (Å²) in [7, 11) is 0. The first-order chi connectivity index (χ1) is 13.5. The number of nitrogens with zero attached hydrogens (tertiary/aromatic N) is 3. The van der Waals surface area contributed by atoms with E-state index in [1.54, 1.807) is 11.0 Å². The van der Waals surface area contributed by atoms with Crippen molar-refractivity contribution >= 4 is 46.3 Å². The van der Waals surface area contributed by atoms with Gasteiger partial charge in [-0.25, -0.2) is 14.8 Å². The van der Waals surface area contributed by atoms with E-state index >= 15 is 0 Å². The van der Waals surface area contributed by atoms with Crippen molar-refractivity contribution in [1.29, 1.82) is 0 Å². The SMILES string of the molecule is NC(=O)C(c1ccnc(Cl)c1)N1c2c(C(=O)O)ccnc2NC1c1ccsc1. The minimum Gasteiger partial charge on any atom is -0.478 e. The number of carbonyl (C=O) groups excluding carboxylic acids is 1. The van der Waals surface area contributed by atoms with Crippen molar-refractivity contribution in [1.82, 2.24) is 9.97 Å². The molecule has 1 aliphatic rings. The second-order valence-electron chi connectivity index (χ2n) is 6.09. The molecule has 1 amide bonds. The van der Waals surface area contributed by atoms with Gasteiger partial charge in [-0.1, -0.05) is 11.6 Å². The first-order valence-electron chi connectivity index (χ1n) is 8.17. The van der Waals surface area contributed by atoms with Gasteiger partial charge in [0.1, 0.15) is 17.4 Å². The van der Waals surface area contributed by atoms with Gasteiger partial charge in [-0.3, -0.25) is 4.79 Å². The average Bonchev–Trinajstić information content (AvgIpc) is 3.29. The van der Waals surface area contributed by atoms with Gasteiger partial charge in [0.2, 0.25) is 5.91 Å². The maximum absolute atomic E-state index is 12.5. The molecule has 0 bridgehead atoms. The van der Waals surface area contributed by atoms with Gasteiger partial charge in [0.15, 0.2) is 5.82 Å². The minimum absolute atomic E-state index is 0.0154. The highest BCUT2D eigenvalue weighted by atomic mass is 35.5. The molecule has 10 heteroatoms. The summed E-state index contributed by atoms with van der Waals surface area (Å²) < 4.78 is 0. The predicted octanol–water partition coefficient (Wildman–Crippen LogP) is 3.05. The van der Waals surface area contributed by atoms with Gasteiger partial charge in [0.05, 0.1) is 11.3 Å². The molecule has 3 aromatic rings. The Balaban J connectivity index is 1.94. The molecule has 0 saturated carbocycles. The number of halogens is 1. The Bertz CT molecular complexity index is 1060. The molecule has 8 nitrogen and oxygen atoms in total. The molecule has 4 rings (SSSR count). The van der Waals surface area contributed by atoms with Crippen molar-refractivity contribution < 1.29 is 14.7 Å². The highest BCUT2D eigenvalue weighted by molar-refractivity contribution is 7.08. The van der Waals surface area contributed by atoms with Crippen LogP contribution in [0.15, 0.2) is 47.4 Å². The molecule has 0 aromatic carbocycles. The Labute approximate surface area is 168 Å². The molecule has 4 heterocycles. The number of primary amides is 1. The van der Waals surface area contributed by atoms with Crippen LogP contribution in [0.5, 0.6) is 0 Å². The lowest BCUT2D eigenvalue weighted by Crippen LogP contribution is -2.40. The lowest BCUT2D eigenvalue weighted by molar-refractivity contribution is -0.119. The standard InChI is InChI=1S/C18H14ClN5O3S/c19-12-7-9(1-4-21-12)13(15(20)25)24-14-11(18(26)27)2-5-22-16(14)23-17(24)10-3-6-28-8-10/h1-8,13,17H,(H2,20,25)(H,22,23)(H,26,27). The molecule has 0 spiro atoms. The maximum atomic E-state index is 12.5. The Kier molecular flexibility index (Phi) is 4.62. The average molecular weight is 416 g/mol. The molecular weight excluding hydrogens is 402 g/mol. The van der Waals surface area contributed by atoms with Crippen molar-refractivity contribution in [2.24, 2.45) is 5.73 Å². The molecule has 4 N–H and O–H groups in total. The molecule has 0 aliphatic carbocycles. The fraction of sp³-hybridized carbons (Fsp3) is 0.111. The van der Waals surface area contributed by atoms with E-state index in [4.69, 9.17) is 17.3 Å². The van der Waals surface area contributed by atoms with Crippen molar-refractivity contribution in [3.63, 3.8) is 0 Å². The summed E-state index contributed by atoms with van der Waals surface area (Å²) in [5, 5.41) is 16.9. The molecule has 142 valence electrons. The Morgan fingerprint density at radius 1 is 1.29 bits per heavy atom. The van der Waals surface area contributed by atoms with Gasteiger partial charge in [0, 0.05) is 18.0 Å². The van der Waals surface area contributed by atoms with E-state index in [2.05, 4.69) is 15.3 Å². The molecule has 0 saturated heterocycles. The van der Waals surface area contributed by atoms with E-state index in [0.717, 1.165) is 5.56 Å². The quantitative estimate of drug-likeness (QED) is 0.547. The van der Waals surface area contributed by atoms with Gasteiger partial charge in [-0.2, -0.15) is 11.3 Å². The number of thiophene rings is 1. The number of pyridine rings is 2. The zero-order valence-electron chi connectivity index (χ0n) is 14.2. The number of amides is 1. The van der Waals surface area contributed by atoms with Crippen LogP contribution in [-0.2, 0) is 4.79 Å². The third kappa shape index (κ3) is 3.04. The number of aromatic carboxylic acids is 1. The first kappa shape index (κ1) is 18.2. The van der Waals surface area contributed by atoms with Crippen LogP contribution in [-0.4, -0.2) is 27.0 Å². The molecule has 1 aliphatic heterocycles. The number of carboxylic acids is 1. The third-order valence-corrected chi connectivity index (χ3v) is 5.35. The fourth-order valence-corrected chi connectivity index (χ4v) is 4.19. The van der Waals surface area contributed by atoms with E-state index in [-0.39, 0.29) is 10.7 Å². The van der Waals surface area contributed by atoms with Crippen LogP contribution in [0.3, 0.4) is 0 Å². The Morgan fingerprint density at radius 3 is 2.71 bits per heavy atom. The van der Waals surface area contributed by atoms with Crippen LogP contribution >= 0.6 is 22.9 Å². The monoisotopic (exact) mass is 415 g/mol. The van der Waals surface area contributed by atoms with Gasteiger partial charge in [-0.15, -0.1) is 0 Å². The number of aromatic nitrogens is 2. The second kappa shape index (κ2) is 7.10. The molecule has 2 unspecified atom stereocenters. The van der Waals surface area contributed by atoms with E-state index < -0.39 is 24.1 Å². The molecule has 0 radical (unpaired) electrons. The normalized spacial score (nSPS) is 16.3. The number of anilines is 2. The molecular formula is C18H14ClN5O3S. The highest BCUT2D eigenvalue weighted by Gasteiger charge is 2.41. The summed E-state index contributed by atoms with van der Waals surface area (Å²) in [6.45, 7) is 0. The summed E-state index contributed by atoms with van der Waals surface area (Å²) in [4.78, 5) is 34.2. The van der Waals surface area contributed by atoms with Gasteiger partial charge < -0.3 is 21.1 Å². The van der Waals surface area contributed by atoms with Crippen molar-refractivity contribution in [2.45, 2.75) is 12.2 Å². The number of hydrogen-bond donors (Lipinski definition) is 3. The topological polar surface area (TPSA) is 121 Å². The smallest absolute Gasteiger partial charge is 0.338 e. The number of carboxylic acid groups (broad SMARTS) is 1. The lowest BCUT2D eigenvalue weighted by Gasteiger charge is -2.33. The summed E-state index contributed by atoms with van der Waals surface area (Å²) in [6, 6.07) is 5.46. The van der Waals surface area contributed by atoms with E-state index in [0.29, 0.717) is 17.1 Å². The van der Waals surface area contributed by atoms with Crippen molar-refractivity contribution in [3.05, 3.63) is 69.3 Å². The summed E-state index contributed by atoms with van der Waals surface area (Å²) >= 11 is 7.50. The maximum Gasteiger partial charge on any atom is 0.338 e. The van der Waals surface area contributed by atoms with Crippen LogP contribution in [0.25, 0.3) is 0 Å². The first-order valence-corrected chi connectivity index (χ1v) is 9.49. The van der Waals surface area contributed by atoms with Crippen LogP contribution in [0, 0.1) is 0 Å². The van der Waals surface area contributed by atoms with E-state index in [1.165, 1.54) is 35.9 Å². The van der Waals surface area contributed by atoms with Crippen molar-refractivity contribution in [2.75, 3.05) is 10.2 Å². The third-order valence-electron chi connectivity index (χ3n) is 4.44. The highest BCUT2D eigenvalue weighted by Crippen LogP contribution is 2.47. The van der Waals surface area contributed by atoms with Crippen LogP contribution in [0.4, 0.5) is 11.5 Å². The van der Waals surface area contributed by atoms with Gasteiger partial charge in [0.25, 0.3) is 0 Å². The minimum atomic E-state index is -1.13. The number of fused-ring (bicyclic) bond motifs is 1. The van der Waals surface area contributed by atoms with Crippen molar-refractivity contribution in [3.8, 4) is 0 Å². The zero-order valence-corrected chi connectivity index (χ0v) is 15.8. The molecule has 28 heavy (non-hydrogen) atoms. The number of nitrogens with one attached hydrogen (secondary N) is 1. The van der Waals surface area contributed by atoms with Crippen LogP contribution in [0.2, 0.25) is 5.15 Å². The number of rotatable bonds is 5. The van der Waals surface area contributed by atoms with Crippen LogP contribution < -0.4 is 16.0 Å². The number of nitrogens with two attached hydrogens (primary N) is 1. The summed E-state index contributed by atoms with van der Waals surface area (Å²) in [5.41, 5.74) is 7.43. The second-order valence-corrected chi connectivity index (χ2v) is 7.26. The molecule has 3 aromatic heterocycles. The number of hydrogen-bond acceptors (Lipinski definition) is 7. The predicted molar refractivity (Wildman–Crippen MR) is 106 cm³/mol. The van der Waals surface area contributed by atoms with Crippen LogP contribution in [0.1, 0.15) is 33.7 Å². The summed E-state index contributed by atoms with van der Waals surface area (Å²) in [6.07, 6.45) is 2.35. The zero-order chi connectivity index (χ0) is 19.8. The Hall–Kier alpha value is -3.17. The van der Waals surface area contributed by atoms with Gasteiger partial charge >= 0.3 is 5.97 Å².